The predicted molar refractivity (Wildman–Crippen MR) is 53.3 cm³/mol. The Morgan fingerprint density at radius 2 is 2.43 bits per heavy atom. The monoisotopic (exact) mass is 212 g/mol. The van der Waals surface area contributed by atoms with E-state index in [9.17, 15) is 9.90 Å². The summed E-state index contributed by atoms with van der Waals surface area (Å²) in [5, 5.41) is 20.4. The number of aliphatic hydroxyl groups excluding tert-OH is 1. The molecular formula is C10H12O3S. The van der Waals surface area contributed by atoms with Crippen LogP contribution in [0.4, 0.5) is 0 Å². The van der Waals surface area contributed by atoms with Crippen molar-refractivity contribution in [2.24, 2.45) is 5.92 Å². The van der Waals surface area contributed by atoms with Crippen LogP contribution in [-0.4, -0.2) is 16.2 Å². The quantitative estimate of drug-likeness (QED) is 0.786. The van der Waals surface area contributed by atoms with Crippen molar-refractivity contribution in [3.63, 3.8) is 0 Å². The zero-order valence-corrected chi connectivity index (χ0v) is 8.46. The van der Waals surface area contributed by atoms with Crippen LogP contribution in [0.1, 0.15) is 29.4 Å². The average molecular weight is 212 g/mol. The standard InChI is InChI=1S/C10H12O3S/c11-8-3-6(5-10(12)13)4-9-7(8)1-2-14-9/h1-2,6,8,11H,3-5H2,(H,12,13). The highest BCUT2D eigenvalue weighted by Gasteiger charge is 2.27. The summed E-state index contributed by atoms with van der Waals surface area (Å²) in [6, 6.07) is 1.93. The number of carbonyl (C=O) groups is 1. The van der Waals surface area contributed by atoms with Gasteiger partial charge < -0.3 is 10.2 Å². The fourth-order valence-corrected chi connectivity index (χ4v) is 3.06. The number of carboxylic acids is 1. The van der Waals surface area contributed by atoms with Crippen molar-refractivity contribution in [2.75, 3.05) is 0 Å². The zero-order chi connectivity index (χ0) is 10.1. The summed E-state index contributed by atoms with van der Waals surface area (Å²) in [6.07, 6.45) is 1.08. The van der Waals surface area contributed by atoms with Crippen LogP contribution in [0.25, 0.3) is 0 Å². The number of hydrogen-bond donors (Lipinski definition) is 2. The van der Waals surface area contributed by atoms with Crippen LogP contribution in [-0.2, 0) is 11.2 Å². The average Bonchev–Trinajstić information content (AvgIpc) is 2.50. The second kappa shape index (κ2) is 3.71. The first-order valence-corrected chi connectivity index (χ1v) is 5.51. The number of hydrogen-bond acceptors (Lipinski definition) is 3. The molecule has 1 aromatic heterocycles. The molecular weight excluding hydrogens is 200 g/mol. The van der Waals surface area contributed by atoms with Gasteiger partial charge in [0.1, 0.15) is 0 Å². The third-order valence-corrected chi connectivity index (χ3v) is 3.59. The van der Waals surface area contributed by atoms with Gasteiger partial charge in [-0.2, -0.15) is 0 Å². The molecule has 0 spiro atoms. The highest BCUT2D eigenvalue weighted by Crippen LogP contribution is 2.37. The molecule has 0 saturated heterocycles. The predicted octanol–water partition coefficient (Wildman–Crippen LogP) is 1.82. The summed E-state index contributed by atoms with van der Waals surface area (Å²) in [5.74, 6) is -0.684. The maximum Gasteiger partial charge on any atom is 0.303 e. The summed E-state index contributed by atoms with van der Waals surface area (Å²) in [5.41, 5.74) is 0.997. The highest BCUT2D eigenvalue weighted by molar-refractivity contribution is 7.10. The van der Waals surface area contributed by atoms with Gasteiger partial charge in [0.25, 0.3) is 0 Å². The molecule has 1 heterocycles. The van der Waals surface area contributed by atoms with Crippen molar-refractivity contribution >= 4 is 17.3 Å². The summed E-state index contributed by atoms with van der Waals surface area (Å²) in [7, 11) is 0. The van der Waals surface area contributed by atoms with Gasteiger partial charge in [-0.05, 0) is 35.8 Å². The van der Waals surface area contributed by atoms with Gasteiger partial charge in [0, 0.05) is 11.3 Å². The van der Waals surface area contributed by atoms with E-state index in [0.29, 0.717) is 6.42 Å². The van der Waals surface area contributed by atoms with Crippen LogP contribution in [0, 0.1) is 5.92 Å². The number of fused-ring (bicyclic) bond motifs is 1. The molecule has 0 aliphatic heterocycles. The molecule has 0 fully saturated rings. The third-order valence-electron chi connectivity index (χ3n) is 2.63. The van der Waals surface area contributed by atoms with Crippen molar-refractivity contribution in [3.05, 3.63) is 21.9 Å². The Morgan fingerprint density at radius 3 is 3.14 bits per heavy atom. The van der Waals surface area contributed by atoms with E-state index in [0.717, 1.165) is 16.9 Å². The second-order valence-corrected chi connectivity index (χ2v) is 4.72. The van der Waals surface area contributed by atoms with E-state index >= 15 is 0 Å². The Morgan fingerprint density at radius 1 is 1.64 bits per heavy atom. The van der Waals surface area contributed by atoms with Crippen molar-refractivity contribution in [1.82, 2.24) is 0 Å². The van der Waals surface area contributed by atoms with E-state index in [1.807, 2.05) is 11.4 Å². The van der Waals surface area contributed by atoms with Crippen LogP contribution in [0.15, 0.2) is 11.4 Å². The molecule has 2 N–H and O–H groups in total. The molecule has 3 nitrogen and oxygen atoms in total. The topological polar surface area (TPSA) is 57.5 Å². The molecule has 4 heteroatoms. The summed E-state index contributed by atoms with van der Waals surface area (Å²) in [4.78, 5) is 11.7. The molecule has 0 aromatic carbocycles. The second-order valence-electron chi connectivity index (χ2n) is 3.72. The van der Waals surface area contributed by atoms with E-state index in [1.165, 1.54) is 0 Å². The van der Waals surface area contributed by atoms with Crippen molar-refractivity contribution < 1.29 is 15.0 Å². The molecule has 1 aliphatic rings. The number of aliphatic carboxylic acids is 1. The Balaban J connectivity index is 2.13. The van der Waals surface area contributed by atoms with E-state index in [1.54, 1.807) is 11.3 Å². The van der Waals surface area contributed by atoms with Gasteiger partial charge in [-0.3, -0.25) is 4.79 Å². The Hall–Kier alpha value is -0.870. The van der Waals surface area contributed by atoms with Gasteiger partial charge in [-0.25, -0.2) is 0 Å². The van der Waals surface area contributed by atoms with Gasteiger partial charge in [-0.1, -0.05) is 0 Å². The summed E-state index contributed by atoms with van der Waals surface area (Å²) >= 11 is 1.61. The Labute approximate surface area is 86.0 Å². The van der Waals surface area contributed by atoms with Crippen LogP contribution in [0.5, 0.6) is 0 Å². The first-order valence-electron chi connectivity index (χ1n) is 4.63. The normalized spacial score (nSPS) is 25.8. The first-order chi connectivity index (χ1) is 6.66. The lowest BCUT2D eigenvalue weighted by molar-refractivity contribution is -0.138. The zero-order valence-electron chi connectivity index (χ0n) is 7.64. The lowest BCUT2D eigenvalue weighted by Gasteiger charge is -2.24. The van der Waals surface area contributed by atoms with Crippen LogP contribution in [0.3, 0.4) is 0 Å². The molecule has 0 amide bonds. The number of thiophene rings is 1. The fraction of sp³-hybridized carbons (Fsp3) is 0.500. The Bertz CT molecular complexity index is 345. The summed E-state index contributed by atoms with van der Waals surface area (Å²) < 4.78 is 0. The molecule has 1 aromatic rings. The van der Waals surface area contributed by atoms with Crippen LogP contribution < -0.4 is 0 Å². The largest absolute Gasteiger partial charge is 0.481 e. The lowest BCUT2D eigenvalue weighted by atomic mass is 9.85. The minimum Gasteiger partial charge on any atom is -0.481 e. The SMILES string of the molecule is O=C(O)CC1Cc2sccc2C(O)C1. The van der Waals surface area contributed by atoms with E-state index in [4.69, 9.17) is 5.11 Å². The lowest BCUT2D eigenvalue weighted by Crippen LogP contribution is -2.19. The molecule has 2 atom stereocenters. The minimum atomic E-state index is -0.776. The molecule has 2 unspecified atom stereocenters. The van der Waals surface area contributed by atoms with E-state index < -0.39 is 12.1 Å². The van der Waals surface area contributed by atoms with Crippen molar-refractivity contribution in [3.8, 4) is 0 Å². The minimum absolute atomic E-state index is 0.0913. The van der Waals surface area contributed by atoms with Crippen LogP contribution in [0.2, 0.25) is 0 Å². The van der Waals surface area contributed by atoms with Gasteiger partial charge in [-0.15, -0.1) is 11.3 Å². The van der Waals surface area contributed by atoms with Gasteiger partial charge in [0.2, 0.25) is 0 Å². The number of aliphatic hydroxyl groups is 1. The molecule has 14 heavy (non-hydrogen) atoms. The van der Waals surface area contributed by atoms with Gasteiger partial charge in [0.05, 0.1) is 6.10 Å². The number of carboxylic acid groups (broad SMARTS) is 1. The van der Waals surface area contributed by atoms with Crippen molar-refractivity contribution in [2.45, 2.75) is 25.4 Å². The molecule has 0 radical (unpaired) electrons. The van der Waals surface area contributed by atoms with Crippen LogP contribution >= 0.6 is 11.3 Å². The fourth-order valence-electron chi connectivity index (χ4n) is 2.00. The van der Waals surface area contributed by atoms with Crippen molar-refractivity contribution in [1.29, 1.82) is 0 Å². The van der Waals surface area contributed by atoms with Gasteiger partial charge >= 0.3 is 5.97 Å². The maximum absolute atomic E-state index is 10.5. The maximum atomic E-state index is 10.5. The summed E-state index contributed by atoms with van der Waals surface area (Å²) in [6.45, 7) is 0. The smallest absolute Gasteiger partial charge is 0.303 e. The number of rotatable bonds is 2. The van der Waals surface area contributed by atoms with Gasteiger partial charge in [0.15, 0.2) is 0 Å². The Kier molecular flexibility index (Phi) is 2.56. The van der Waals surface area contributed by atoms with E-state index in [-0.39, 0.29) is 12.3 Å². The highest BCUT2D eigenvalue weighted by atomic mass is 32.1. The molecule has 0 bridgehead atoms. The first kappa shape index (κ1) is 9.68. The third kappa shape index (κ3) is 1.81. The van der Waals surface area contributed by atoms with E-state index in [2.05, 4.69) is 0 Å². The molecule has 2 rings (SSSR count). The molecule has 76 valence electrons. The molecule has 0 saturated carbocycles. The molecule has 1 aliphatic carbocycles.